The predicted molar refractivity (Wildman–Crippen MR) is 164 cm³/mol. The molecule has 2 amide bonds. The van der Waals surface area contributed by atoms with E-state index < -0.39 is 39.6 Å². The summed E-state index contributed by atoms with van der Waals surface area (Å²) in [6.07, 6.45) is 1.48. The van der Waals surface area contributed by atoms with Gasteiger partial charge < -0.3 is 19.6 Å². The number of hydrogen-bond acceptors (Lipinski definition) is 11. The summed E-state index contributed by atoms with van der Waals surface area (Å²) >= 11 is 0. The quantitative estimate of drug-likeness (QED) is 0.370. The minimum atomic E-state index is -4.57. The SMILES string of the molecule is CCOc1ncccc1C1(C2CNc3ccccc32)C(=O)N(C(=O)OS(=O)(=O)c2ccccc2)CC(C#N)N1C1CCNCC1. The Labute approximate surface area is 262 Å². The number of para-hydroxylation sites is 1. The fourth-order valence-corrected chi connectivity index (χ4v) is 7.79. The lowest BCUT2D eigenvalue weighted by Crippen LogP contribution is -2.73. The van der Waals surface area contributed by atoms with Gasteiger partial charge in [0.1, 0.15) is 16.5 Å². The van der Waals surface area contributed by atoms with Gasteiger partial charge in [-0.25, -0.2) is 14.7 Å². The lowest BCUT2D eigenvalue weighted by Gasteiger charge is -2.56. The van der Waals surface area contributed by atoms with Gasteiger partial charge in [0.25, 0.3) is 5.91 Å². The summed E-state index contributed by atoms with van der Waals surface area (Å²) in [5, 5.41) is 17.5. The van der Waals surface area contributed by atoms with Crippen LogP contribution in [-0.4, -0.2) is 80.1 Å². The molecule has 3 aliphatic rings. The van der Waals surface area contributed by atoms with E-state index in [0.29, 0.717) is 38.0 Å². The number of hydrogen-bond donors (Lipinski definition) is 2. The van der Waals surface area contributed by atoms with Gasteiger partial charge in [0, 0.05) is 36.0 Å². The van der Waals surface area contributed by atoms with Crippen molar-refractivity contribution in [3.05, 3.63) is 84.1 Å². The monoisotopic (exact) mass is 630 g/mol. The molecule has 0 spiro atoms. The van der Waals surface area contributed by atoms with Crippen molar-refractivity contribution in [2.75, 3.05) is 38.1 Å². The van der Waals surface area contributed by atoms with Crippen molar-refractivity contribution in [3.63, 3.8) is 0 Å². The van der Waals surface area contributed by atoms with Gasteiger partial charge in [-0.15, -0.1) is 0 Å². The van der Waals surface area contributed by atoms with Crippen LogP contribution in [0.25, 0.3) is 0 Å². The second kappa shape index (κ2) is 12.5. The normalized spacial score (nSPS) is 23.9. The summed E-state index contributed by atoms with van der Waals surface area (Å²) in [4.78, 5) is 36.2. The Morgan fingerprint density at radius 3 is 2.56 bits per heavy atom. The zero-order valence-electron chi connectivity index (χ0n) is 24.8. The van der Waals surface area contributed by atoms with E-state index in [4.69, 9.17) is 8.92 Å². The van der Waals surface area contributed by atoms with Crippen molar-refractivity contribution >= 4 is 27.8 Å². The molecule has 3 aliphatic heterocycles. The smallest absolute Gasteiger partial charge is 0.432 e. The number of benzene rings is 2. The number of aromatic nitrogens is 1. The van der Waals surface area contributed by atoms with Crippen molar-refractivity contribution in [1.82, 2.24) is 20.1 Å². The molecular formula is C32H34N6O6S. The first kappa shape index (κ1) is 30.5. The van der Waals surface area contributed by atoms with Crippen LogP contribution in [0.2, 0.25) is 0 Å². The maximum atomic E-state index is 15.3. The fraction of sp³-hybridized carbons (Fsp3) is 0.375. The van der Waals surface area contributed by atoms with Crippen LogP contribution >= 0.6 is 0 Å². The van der Waals surface area contributed by atoms with Gasteiger partial charge in [0.15, 0.2) is 0 Å². The third kappa shape index (κ3) is 5.28. The lowest BCUT2D eigenvalue weighted by atomic mass is 9.69. The fourth-order valence-electron chi connectivity index (χ4n) is 6.93. The Hall–Kier alpha value is -4.51. The van der Waals surface area contributed by atoms with E-state index in [2.05, 4.69) is 21.7 Å². The third-order valence-corrected chi connectivity index (χ3v) is 9.97. The highest BCUT2D eigenvalue weighted by atomic mass is 32.2. The summed E-state index contributed by atoms with van der Waals surface area (Å²) in [5.74, 6) is -1.13. The van der Waals surface area contributed by atoms with Gasteiger partial charge in [-0.05, 0) is 68.8 Å². The Bertz CT molecular complexity index is 1730. The van der Waals surface area contributed by atoms with Crippen LogP contribution in [0.3, 0.4) is 0 Å². The average molecular weight is 631 g/mol. The number of carbonyl (C=O) groups is 2. The zero-order valence-corrected chi connectivity index (χ0v) is 25.6. The highest BCUT2D eigenvalue weighted by molar-refractivity contribution is 7.87. The summed E-state index contributed by atoms with van der Waals surface area (Å²) in [6.45, 7) is 3.34. The molecule has 2 aromatic carbocycles. The van der Waals surface area contributed by atoms with Crippen molar-refractivity contribution in [1.29, 1.82) is 5.26 Å². The molecule has 0 bridgehead atoms. The molecule has 3 aromatic rings. The number of pyridine rings is 1. The van der Waals surface area contributed by atoms with Crippen LogP contribution < -0.4 is 15.4 Å². The molecule has 4 heterocycles. The first-order chi connectivity index (χ1) is 21.8. The first-order valence-corrected chi connectivity index (χ1v) is 16.4. The summed E-state index contributed by atoms with van der Waals surface area (Å²) in [7, 11) is -4.57. The Morgan fingerprint density at radius 1 is 1.09 bits per heavy atom. The summed E-state index contributed by atoms with van der Waals surface area (Å²) in [6, 6.07) is 19.4. The molecular weight excluding hydrogens is 596 g/mol. The molecule has 2 fully saturated rings. The number of rotatable bonds is 7. The number of piperidine rings is 1. The van der Waals surface area contributed by atoms with Crippen LogP contribution in [0.15, 0.2) is 77.8 Å². The van der Waals surface area contributed by atoms with Gasteiger partial charge in [-0.1, -0.05) is 36.4 Å². The first-order valence-electron chi connectivity index (χ1n) is 15.0. The van der Waals surface area contributed by atoms with Crippen LogP contribution in [0, 0.1) is 11.3 Å². The van der Waals surface area contributed by atoms with Crippen molar-refractivity contribution < 1.29 is 26.9 Å². The Balaban J connectivity index is 1.57. The molecule has 6 rings (SSSR count). The van der Waals surface area contributed by atoms with Crippen LogP contribution in [-0.2, 0) is 24.6 Å². The Morgan fingerprint density at radius 2 is 1.82 bits per heavy atom. The number of carbonyl (C=O) groups excluding carboxylic acids is 2. The molecule has 12 nitrogen and oxygen atoms in total. The molecule has 2 saturated heterocycles. The molecule has 3 atom stereocenters. The second-order valence-corrected chi connectivity index (χ2v) is 12.7. The van der Waals surface area contributed by atoms with E-state index >= 15 is 4.79 Å². The van der Waals surface area contributed by atoms with E-state index in [-0.39, 0.29) is 30.0 Å². The Kier molecular flexibility index (Phi) is 8.46. The van der Waals surface area contributed by atoms with Gasteiger partial charge in [-0.3, -0.25) is 9.69 Å². The van der Waals surface area contributed by atoms with Crippen LogP contribution in [0.4, 0.5) is 10.5 Å². The number of piperazine rings is 1. The zero-order chi connectivity index (χ0) is 31.6. The average Bonchev–Trinajstić information content (AvgIpc) is 3.50. The van der Waals surface area contributed by atoms with Crippen molar-refractivity contribution in [3.8, 4) is 11.9 Å². The van der Waals surface area contributed by atoms with Gasteiger partial charge in [-0.2, -0.15) is 13.7 Å². The van der Waals surface area contributed by atoms with E-state index in [1.807, 2.05) is 29.2 Å². The highest BCUT2D eigenvalue weighted by Gasteiger charge is 2.64. The van der Waals surface area contributed by atoms with E-state index in [9.17, 15) is 18.5 Å². The molecule has 0 radical (unpaired) electrons. The second-order valence-electron chi connectivity index (χ2n) is 11.1. The van der Waals surface area contributed by atoms with Crippen LogP contribution in [0.5, 0.6) is 5.88 Å². The summed E-state index contributed by atoms with van der Waals surface area (Å²) in [5.41, 5.74) is 0.332. The number of nitrogens with one attached hydrogen (secondary N) is 2. The molecule has 0 saturated carbocycles. The maximum Gasteiger partial charge on any atom is 0.432 e. The molecule has 3 unspecified atom stereocenters. The molecule has 13 heteroatoms. The number of nitriles is 1. The lowest BCUT2D eigenvalue weighted by molar-refractivity contribution is -0.159. The van der Waals surface area contributed by atoms with Gasteiger partial charge >= 0.3 is 16.2 Å². The number of ether oxygens (including phenoxy) is 1. The maximum absolute atomic E-state index is 15.3. The van der Waals surface area contributed by atoms with Crippen molar-refractivity contribution in [2.45, 2.75) is 48.2 Å². The number of nitrogens with zero attached hydrogens (tertiary/aromatic N) is 4. The molecule has 2 N–H and O–H groups in total. The van der Waals surface area contributed by atoms with Gasteiger partial charge in [0.05, 0.1) is 19.2 Å². The number of fused-ring (bicyclic) bond motifs is 1. The largest absolute Gasteiger partial charge is 0.478 e. The minimum Gasteiger partial charge on any atom is -0.478 e. The predicted octanol–water partition coefficient (Wildman–Crippen LogP) is 3.20. The van der Waals surface area contributed by atoms with E-state index in [1.165, 1.54) is 24.3 Å². The molecule has 1 aromatic heterocycles. The van der Waals surface area contributed by atoms with E-state index in [0.717, 1.165) is 16.2 Å². The van der Waals surface area contributed by atoms with Gasteiger partial charge in [0.2, 0.25) is 5.88 Å². The number of anilines is 1. The standard InChI is InChI=1S/C32H34N6O6S/c1-2-43-29-26(12-8-16-35-29)32(27-20-36-28-13-7-6-11-25(27)28)30(39)37(21-23(19-33)38(32)22-14-17-34-18-15-22)31(40)44-45(41,42)24-9-4-3-5-10-24/h3-13,16,22-23,27,34,36H,2,14-15,17-18,20-21H2,1H3. The highest BCUT2D eigenvalue weighted by Crippen LogP contribution is 2.54. The van der Waals surface area contributed by atoms with Crippen molar-refractivity contribution in [2.24, 2.45) is 0 Å². The molecule has 0 aliphatic carbocycles. The molecule has 234 valence electrons. The van der Waals surface area contributed by atoms with Crippen LogP contribution in [0.1, 0.15) is 36.8 Å². The minimum absolute atomic E-state index is 0.195. The topological polar surface area (TPSA) is 154 Å². The number of imide groups is 1. The molecule has 45 heavy (non-hydrogen) atoms. The third-order valence-electron chi connectivity index (χ3n) is 8.75. The number of amides is 2. The summed E-state index contributed by atoms with van der Waals surface area (Å²) < 4.78 is 37.4. The van der Waals surface area contributed by atoms with E-state index in [1.54, 1.807) is 31.3 Å².